The predicted octanol–water partition coefficient (Wildman–Crippen LogP) is 0.626. The van der Waals surface area contributed by atoms with E-state index < -0.39 is 0 Å². The van der Waals surface area contributed by atoms with Gasteiger partial charge in [-0.05, 0) is 25.0 Å². The molecule has 1 aromatic rings. The first-order valence-electron chi connectivity index (χ1n) is 6.99. The van der Waals surface area contributed by atoms with E-state index in [4.69, 9.17) is 10.2 Å². The van der Waals surface area contributed by atoms with Crippen LogP contribution in [-0.4, -0.2) is 35.8 Å². The van der Waals surface area contributed by atoms with E-state index in [1.165, 1.54) is 0 Å². The molecule has 0 aliphatic heterocycles. The Hall–Kier alpha value is -1.82. The summed E-state index contributed by atoms with van der Waals surface area (Å²) >= 11 is 0. The van der Waals surface area contributed by atoms with Gasteiger partial charge in [-0.1, -0.05) is 12.8 Å². The van der Waals surface area contributed by atoms with E-state index in [-0.39, 0.29) is 30.9 Å². The van der Waals surface area contributed by atoms with Crippen molar-refractivity contribution in [2.45, 2.75) is 38.3 Å². The number of carbonyl (C=O) groups is 2. The van der Waals surface area contributed by atoms with Crippen LogP contribution >= 0.6 is 0 Å². The van der Waals surface area contributed by atoms with Crippen LogP contribution in [0.3, 0.4) is 0 Å². The molecule has 2 amide bonds. The van der Waals surface area contributed by atoms with Gasteiger partial charge in [-0.2, -0.15) is 0 Å². The molecule has 0 saturated heterocycles. The smallest absolute Gasteiger partial charge is 0.242 e. The summed E-state index contributed by atoms with van der Waals surface area (Å²) in [7, 11) is 0. The van der Waals surface area contributed by atoms with Crippen LogP contribution in [0, 0.1) is 0 Å². The summed E-state index contributed by atoms with van der Waals surface area (Å²) in [5.74, 6) is 0.355. The second-order valence-electron chi connectivity index (χ2n) is 5.02. The maximum atomic E-state index is 12.3. The number of nitrogens with one attached hydrogen (secondary N) is 1. The minimum atomic E-state index is -0.317. The fraction of sp³-hybridized carbons (Fsp3) is 0.571. The lowest BCUT2D eigenvalue weighted by atomic mass is 10.2. The molecule has 0 aromatic carbocycles. The molecule has 1 heterocycles. The van der Waals surface area contributed by atoms with Gasteiger partial charge >= 0.3 is 0 Å². The Kier molecular flexibility index (Phi) is 5.17. The molecule has 20 heavy (non-hydrogen) atoms. The molecular weight excluding hydrogens is 258 g/mol. The fourth-order valence-electron chi connectivity index (χ4n) is 2.56. The summed E-state index contributed by atoms with van der Waals surface area (Å²) < 4.78 is 5.32. The Morgan fingerprint density at radius 1 is 1.40 bits per heavy atom. The van der Waals surface area contributed by atoms with Crippen molar-refractivity contribution in [1.82, 2.24) is 10.2 Å². The van der Waals surface area contributed by atoms with Crippen LogP contribution < -0.4 is 11.1 Å². The first-order chi connectivity index (χ1) is 9.70. The predicted molar refractivity (Wildman–Crippen MR) is 73.6 cm³/mol. The third-order valence-electron chi connectivity index (χ3n) is 3.61. The largest absolute Gasteiger partial charge is 0.467 e. The van der Waals surface area contributed by atoms with Crippen LogP contribution in [0.25, 0.3) is 0 Å². The third-order valence-corrected chi connectivity index (χ3v) is 3.61. The van der Waals surface area contributed by atoms with Gasteiger partial charge in [-0.25, -0.2) is 0 Å². The molecule has 1 aliphatic rings. The molecular formula is C14H21N3O3. The highest BCUT2D eigenvalue weighted by Crippen LogP contribution is 2.25. The summed E-state index contributed by atoms with van der Waals surface area (Å²) in [6.45, 7) is 0.344. The van der Waals surface area contributed by atoms with E-state index in [0.717, 1.165) is 31.4 Å². The maximum absolute atomic E-state index is 12.3. The van der Waals surface area contributed by atoms with E-state index in [9.17, 15) is 9.59 Å². The average Bonchev–Trinajstić information content (AvgIpc) is 3.14. The van der Waals surface area contributed by atoms with Crippen molar-refractivity contribution in [2.24, 2.45) is 5.73 Å². The summed E-state index contributed by atoms with van der Waals surface area (Å²) in [6.07, 6.45) is 5.90. The highest BCUT2D eigenvalue weighted by Gasteiger charge is 2.27. The Morgan fingerprint density at radius 2 is 2.15 bits per heavy atom. The van der Waals surface area contributed by atoms with Gasteiger partial charge in [0.15, 0.2) is 0 Å². The molecule has 0 spiro atoms. The van der Waals surface area contributed by atoms with E-state index in [1.807, 2.05) is 17.0 Å². The second kappa shape index (κ2) is 7.09. The Morgan fingerprint density at radius 3 is 2.75 bits per heavy atom. The standard InChI is InChI=1S/C14H21N3O3/c15-8-13(18)16-9-14(19)17(11-4-1-2-5-11)10-12-6-3-7-20-12/h3,6-7,11H,1-2,4-5,8-10,15H2,(H,16,18). The number of hydrogen-bond acceptors (Lipinski definition) is 4. The van der Waals surface area contributed by atoms with Gasteiger partial charge in [0.05, 0.1) is 25.9 Å². The normalized spacial score (nSPS) is 15.2. The molecule has 1 saturated carbocycles. The van der Waals surface area contributed by atoms with Crippen LogP contribution in [0.2, 0.25) is 0 Å². The Labute approximate surface area is 118 Å². The molecule has 1 aromatic heterocycles. The van der Waals surface area contributed by atoms with Crippen LogP contribution in [0.15, 0.2) is 22.8 Å². The molecule has 0 radical (unpaired) electrons. The lowest BCUT2D eigenvalue weighted by Gasteiger charge is -2.28. The minimum absolute atomic E-state index is 0.00670. The first-order valence-corrected chi connectivity index (χ1v) is 6.99. The van der Waals surface area contributed by atoms with E-state index in [0.29, 0.717) is 6.54 Å². The highest BCUT2D eigenvalue weighted by molar-refractivity contribution is 5.85. The number of furan rings is 1. The number of nitrogens with two attached hydrogens (primary N) is 1. The van der Waals surface area contributed by atoms with Crippen molar-refractivity contribution in [3.63, 3.8) is 0 Å². The van der Waals surface area contributed by atoms with Crippen molar-refractivity contribution < 1.29 is 14.0 Å². The van der Waals surface area contributed by atoms with Gasteiger partial charge in [0.2, 0.25) is 11.8 Å². The number of hydrogen-bond donors (Lipinski definition) is 2. The zero-order valence-electron chi connectivity index (χ0n) is 11.5. The molecule has 0 unspecified atom stereocenters. The summed E-state index contributed by atoms with van der Waals surface area (Å²) in [5.41, 5.74) is 5.21. The van der Waals surface area contributed by atoms with Crippen molar-refractivity contribution in [2.75, 3.05) is 13.1 Å². The lowest BCUT2D eigenvalue weighted by Crippen LogP contribution is -2.45. The highest BCUT2D eigenvalue weighted by atomic mass is 16.3. The number of amides is 2. The Bertz CT molecular complexity index is 439. The van der Waals surface area contributed by atoms with Gasteiger partial charge in [0.1, 0.15) is 5.76 Å². The van der Waals surface area contributed by atoms with E-state index in [1.54, 1.807) is 6.26 Å². The molecule has 2 rings (SSSR count). The SMILES string of the molecule is NCC(=O)NCC(=O)N(Cc1ccco1)C1CCCC1. The van der Waals surface area contributed by atoms with E-state index in [2.05, 4.69) is 5.32 Å². The molecule has 3 N–H and O–H groups in total. The van der Waals surface area contributed by atoms with Gasteiger partial charge in [0, 0.05) is 6.04 Å². The third kappa shape index (κ3) is 3.84. The molecule has 6 heteroatoms. The van der Waals surface area contributed by atoms with Crippen molar-refractivity contribution in [3.05, 3.63) is 24.2 Å². The van der Waals surface area contributed by atoms with E-state index >= 15 is 0 Å². The molecule has 0 bridgehead atoms. The van der Waals surface area contributed by atoms with Gasteiger partial charge < -0.3 is 20.4 Å². The first kappa shape index (κ1) is 14.6. The Balaban J connectivity index is 1.97. The second-order valence-corrected chi connectivity index (χ2v) is 5.02. The van der Waals surface area contributed by atoms with Crippen molar-refractivity contribution >= 4 is 11.8 Å². The zero-order valence-corrected chi connectivity index (χ0v) is 11.5. The molecule has 6 nitrogen and oxygen atoms in total. The van der Waals surface area contributed by atoms with Crippen LogP contribution in [0.1, 0.15) is 31.4 Å². The van der Waals surface area contributed by atoms with Gasteiger partial charge in [-0.15, -0.1) is 0 Å². The molecule has 110 valence electrons. The minimum Gasteiger partial charge on any atom is -0.467 e. The quantitative estimate of drug-likeness (QED) is 0.799. The number of carbonyl (C=O) groups excluding carboxylic acids is 2. The van der Waals surface area contributed by atoms with Crippen molar-refractivity contribution in [1.29, 1.82) is 0 Å². The average molecular weight is 279 g/mol. The number of nitrogens with zero attached hydrogens (tertiary/aromatic N) is 1. The van der Waals surface area contributed by atoms with Crippen LogP contribution in [-0.2, 0) is 16.1 Å². The van der Waals surface area contributed by atoms with Crippen LogP contribution in [0.4, 0.5) is 0 Å². The summed E-state index contributed by atoms with van der Waals surface area (Å²) in [6, 6.07) is 3.90. The maximum Gasteiger partial charge on any atom is 0.242 e. The van der Waals surface area contributed by atoms with Gasteiger partial charge in [-0.3, -0.25) is 9.59 Å². The fourth-order valence-corrected chi connectivity index (χ4v) is 2.56. The van der Waals surface area contributed by atoms with Crippen molar-refractivity contribution in [3.8, 4) is 0 Å². The van der Waals surface area contributed by atoms with Crippen LogP contribution in [0.5, 0.6) is 0 Å². The molecule has 0 atom stereocenters. The lowest BCUT2D eigenvalue weighted by molar-refractivity contribution is -0.135. The number of rotatable bonds is 6. The van der Waals surface area contributed by atoms with Gasteiger partial charge in [0.25, 0.3) is 0 Å². The summed E-state index contributed by atoms with van der Waals surface area (Å²) in [4.78, 5) is 25.3. The topological polar surface area (TPSA) is 88.6 Å². The zero-order chi connectivity index (χ0) is 14.4. The monoisotopic (exact) mass is 279 g/mol. The molecule has 1 fully saturated rings. The summed E-state index contributed by atoms with van der Waals surface area (Å²) in [5, 5.41) is 2.53. The molecule has 1 aliphatic carbocycles.